The van der Waals surface area contributed by atoms with Gasteiger partial charge in [-0.15, -0.1) is 0 Å². The number of nitrogens with one attached hydrogen (secondary N) is 3. The molecule has 7 nitrogen and oxygen atoms in total. The smallest absolute Gasteiger partial charge is 0.262 e. The van der Waals surface area contributed by atoms with Crippen molar-refractivity contribution in [2.45, 2.75) is 30.2 Å². The molecule has 0 aliphatic carbocycles. The first-order valence-electron chi connectivity index (χ1n) is 8.30. The third kappa shape index (κ3) is 5.20. The minimum Gasteiger partial charge on any atom is -0.326 e. The van der Waals surface area contributed by atoms with Crippen LogP contribution in [0, 0.1) is 0 Å². The second-order valence-electron chi connectivity index (χ2n) is 6.04. The summed E-state index contributed by atoms with van der Waals surface area (Å²) in [4.78, 5) is 16.4. The summed E-state index contributed by atoms with van der Waals surface area (Å²) in [6.45, 7) is 1.56. The second-order valence-corrected chi connectivity index (χ2v) is 8.88. The van der Waals surface area contributed by atoms with Crippen molar-refractivity contribution in [2.24, 2.45) is 4.99 Å². The molecule has 9 heteroatoms. The molecule has 0 radical (unpaired) electrons. The van der Waals surface area contributed by atoms with Crippen molar-refractivity contribution >= 4 is 39.2 Å². The number of sulfonamides is 1. The van der Waals surface area contributed by atoms with Gasteiger partial charge in [0.05, 0.1) is 4.90 Å². The van der Waals surface area contributed by atoms with E-state index in [4.69, 9.17) is 0 Å². The van der Waals surface area contributed by atoms with Gasteiger partial charge in [-0.2, -0.15) is 11.8 Å². The Morgan fingerprint density at radius 3 is 3.00 bits per heavy atom. The summed E-state index contributed by atoms with van der Waals surface area (Å²) in [7, 11) is -3.68. The first-order valence-corrected chi connectivity index (χ1v) is 10.9. The van der Waals surface area contributed by atoms with Gasteiger partial charge < -0.3 is 10.6 Å². The highest BCUT2D eigenvalue weighted by atomic mass is 32.2. The Labute approximate surface area is 152 Å². The Balaban J connectivity index is 1.63. The molecular formula is C16H22N4O3S2. The van der Waals surface area contributed by atoms with Crippen LogP contribution in [0.2, 0.25) is 0 Å². The van der Waals surface area contributed by atoms with Gasteiger partial charge in [-0.25, -0.2) is 8.42 Å². The third-order valence-corrected chi connectivity index (χ3v) is 6.49. The molecule has 1 aromatic carbocycles. The monoisotopic (exact) mass is 382 g/mol. The molecule has 0 bridgehead atoms. The Morgan fingerprint density at radius 1 is 1.40 bits per heavy atom. The fourth-order valence-corrected chi connectivity index (χ4v) is 4.85. The summed E-state index contributed by atoms with van der Waals surface area (Å²) >= 11 is 1.83. The van der Waals surface area contributed by atoms with E-state index in [1.54, 1.807) is 12.1 Å². The summed E-state index contributed by atoms with van der Waals surface area (Å²) in [5.74, 6) is 2.35. The van der Waals surface area contributed by atoms with E-state index in [2.05, 4.69) is 20.3 Å². The van der Waals surface area contributed by atoms with Crippen molar-refractivity contribution in [3.63, 3.8) is 0 Å². The fourth-order valence-electron chi connectivity index (χ4n) is 2.76. The lowest BCUT2D eigenvalue weighted by atomic mass is 10.2. The number of anilines is 1. The zero-order valence-corrected chi connectivity index (χ0v) is 15.5. The van der Waals surface area contributed by atoms with Crippen molar-refractivity contribution in [3.05, 3.63) is 24.3 Å². The van der Waals surface area contributed by atoms with Crippen LogP contribution in [0.15, 0.2) is 34.2 Å². The van der Waals surface area contributed by atoms with Crippen LogP contribution in [0.25, 0.3) is 0 Å². The number of hydrogen-bond acceptors (Lipinski definition) is 6. The molecule has 2 aliphatic heterocycles. The molecule has 25 heavy (non-hydrogen) atoms. The minimum absolute atomic E-state index is 0.117. The predicted octanol–water partition coefficient (Wildman–Crippen LogP) is 1.19. The Hall–Kier alpha value is -1.58. The summed E-state index contributed by atoms with van der Waals surface area (Å²) in [6, 6.07) is 6.45. The highest BCUT2D eigenvalue weighted by Crippen LogP contribution is 2.17. The quantitative estimate of drug-likeness (QED) is 0.710. The van der Waals surface area contributed by atoms with Crippen LogP contribution in [0.1, 0.15) is 19.3 Å². The standard InChI is InChI=1S/C16H22N4O3S2/c21-16(10-13-11-24-8-7-17-13)19-12-3-1-4-14(9-12)25(22,23)20-15-5-2-6-18-15/h1,3-4,9,13,17H,2,5-8,10-11H2,(H,18,20)(H,19,21). The molecule has 1 saturated heterocycles. The molecule has 2 aliphatic rings. The molecule has 0 aromatic heterocycles. The number of thioether (sulfide) groups is 1. The van der Waals surface area contributed by atoms with Gasteiger partial charge in [0, 0.05) is 49.2 Å². The largest absolute Gasteiger partial charge is 0.326 e. The minimum atomic E-state index is -3.68. The van der Waals surface area contributed by atoms with E-state index in [1.807, 2.05) is 11.8 Å². The van der Waals surface area contributed by atoms with Crippen LogP contribution >= 0.6 is 11.8 Å². The number of rotatable bonds is 5. The first-order chi connectivity index (χ1) is 12.0. The molecule has 136 valence electrons. The molecule has 3 N–H and O–H groups in total. The summed E-state index contributed by atoms with van der Waals surface area (Å²) in [6.07, 6.45) is 1.88. The van der Waals surface area contributed by atoms with Gasteiger partial charge in [-0.3, -0.25) is 14.5 Å². The second kappa shape index (κ2) is 8.20. The molecule has 0 spiro atoms. The van der Waals surface area contributed by atoms with Crippen LogP contribution in [0.3, 0.4) is 0 Å². The maximum Gasteiger partial charge on any atom is 0.262 e. The van der Waals surface area contributed by atoms with E-state index >= 15 is 0 Å². The number of nitrogens with zero attached hydrogens (tertiary/aromatic N) is 1. The van der Waals surface area contributed by atoms with Gasteiger partial charge in [0.1, 0.15) is 5.84 Å². The van der Waals surface area contributed by atoms with Gasteiger partial charge >= 0.3 is 0 Å². The maximum absolute atomic E-state index is 12.4. The lowest BCUT2D eigenvalue weighted by Gasteiger charge is -2.22. The lowest BCUT2D eigenvalue weighted by Crippen LogP contribution is -2.39. The number of carbonyl (C=O) groups excluding carboxylic acids is 1. The Kier molecular flexibility index (Phi) is 5.98. The zero-order chi connectivity index (χ0) is 17.7. The fraction of sp³-hybridized carbons (Fsp3) is 0.500. The van der Waals surface area contributed by atoms with Gasteiger partial charge in [0.15, 0.2) is 0 Å². The maximum atomic E-state index is 12.4. The average molecular weight is 383 g/mol. The third-order valence-electron chi connectivity index (χ3n) is 3.98. The number of hydrogen-bond donors (Lipinski definition) is 3. The van der Waals surface area contributed by atoms with Gasteiger partial charge in [0.25, 0.3) is 10.0 Å². The van der Waals surface area contributed by atoms with Crippen LogP contribution in [0.4, 0.5) is 5.69 Å². The highest BCUT2D eigenvalue weighted by Gasteiger charge is 2.20. The molecule has 1 amide bonds. The number of amides is 1. The molecule has 1 aromatic rings. The van der Waals surface area contributed by atoms with Crippen molar-refractivity contribution in [1.82, 2.24) is 10.0 Å². The SMILES string of the molecule is O=C(CC1CSCCN1)Nc1cccc(S(=O)(=O)NC2=NCCC2)c1. The van der Waals surface area contributed by atoms with E-state index in [-0.39, 0.29) is 16.8 Å². The lowest BCUT2D eigenvalue weighted by molar-refractivity contribution is -0.116. The summed E-state index contributed by atoms with van der Waals surface area (Å²) in [5, 5.41) is 6.10. The van der Waals surface area contributed by atoms with Crippen molar-refractivity contribution < 1.29 is 13.2 Å². The molecule has 1 fully saturated rings. The molecule has 1 unspecified atom stereocenters. The zero-order valence-electron chi connectivity index (χ0n) is 13.8. The normalized spacial score (nSPS) is 20.8. The topological polar surface area (TPSA) is 99.7 Å². The van der Waals surface area contributed by atoms with E-state index in [1.165, 1.54) is 12.1 Å². The number of carbonyl (C=O) groups is 1. The molecule has 2 heterocycles. The van der Waals surface area contributed by atoms with Gasteiger partial charge in [-0.05, 0) is 24.6 Å². The van der Waals surface area contributed by atoms with E-state index < -0.39 is 10.0 Å². The van der Waals surface area contributed by atoms with Crippen molar-refractivity contribution in [1.29, 1.82) is 0 Å². The number of aliphatic imine (C=N–C) groups is 1. The number of benzene rings is 1. The van der Waals surface area contributed by atoms with Crippen LogP contribution in [-0.4, -0.2) is 50.8 Å². The summed E-state index contributed by atoms with van der Waals surface area (Å²) < 4.78 is 27.4. The Bertz CT molecular complexity index is 758. The molecule has 0 saturated carbocycles. The summed E-state index contributed by atoms with van der Waals surface area (Å²) in [5.41, 5.74) is 0.477. The van der Waals surface area contributed by atoms with Crippen LogP contribution in [-0.2, 0) is 14.8 Å². The molecular weight excluding hydrogens is 360 g/mol. The highest BCUT2D eigenvalue weighted by molar-refractivity contribution is 7.99. The van der Waals surface area contributed by atoms with E-state index in [0.29, 0.717) is 30.9 Å². The molecule has 3 rings (SSSR count). The van der Waals surface area contributed by atoms with E-state index in [0.717, 1.165) is 24.5 Å². The molecule has 1 atom stereocenters. The van der Waals surface area contributed by atoms with E-state index in [9.17, 15) is 13.2 Å². The van der Waals surface area contributed by atoms with Crippen LogP contribution in [0.5, 0.6) is 0 Å². The average Bonchev–Trinajstić information content (AvgIpc) is 3.08. The predicted molar refractivity (Wildman–Crippen MR) is 101 cm³/mol. The van der Waals surface area contributed by atoms with Crippen LogP contribution < -0.4 is 15.4 Å². The Morgan fingerprint density at radius 2 is 2.28 bits per heavy atom. The van der Waals surface area contributed by atoms with Crippen molar-refractivity contribution in [2.75, 3.05) is 29.9 Å². The van der Waals surface area contributed by atoms with Gasteiger partial charge in [-0.1, -0.05) is 6.07 Å². The first kappa shape index (κ1) is 18.2. The van der Waals surface area contributed by atoms with Crippen molar-refractivity contribution in [3.8, 4) is 0 Å². The van der Waals surface area contributed by atoms with Gasteiger partial charge in [0.2, 0.25) is 5.91 Å². The number of amidine groups is 1.